The van der Waals surface area contributed by atoms with E-state index < -0.39 is 0 Å². The SMILES string of the molecule is CC[C@@H](COCC1CC1)N1C(=O)[C@@H](C)CC(c2cccc(Cl)c2)C1c1ccc(Cl)cc1. The first-order valence-corrected chi connectivity index (χ1v) is 12.1. The number of piperidine rings is 1. The molecule has 4 rings (SSSR count). The van der Waals surface area contributed by atoms with Crippen LogP contribution in [0.15, 0.2) is 48.5 Å². The van der Waals surface area contributed by atoms with Crippen LogP contribution in [0.4, 0.5) is 0 Å². The molecule has 4 atom stereocenters. The predicted octanol–water partition coefficient (Wildman–Crippen LogP) is 6.89. The molecule has 0 bridgehead atoms. The summed E-state index contributed by atoms with van der Waals surface area (Å²) in [6.07, 6.45) is 4.18. The first-order valence-electron chi connectivity index (χ1n) is 11.4. The highest BCUT2D eigenvalue weighted by Gasteiger charge is 2.44. The summed E-state index contributed by atoms with van der Waals surface area (Å²) in [5.74, 6) is 1.02. The number of nitrogens with zero attached hydrogens (tertiary/aromatic N) is 1. The van der Waals surface area contributed by atoms with Gasteiger partial charge in [-0.2, -0.15) is 0 Å². The van der Waals surface area contributed by atoms with Gasteiger partial charge in [-0.15, -0.1) is 0 Å². The van der Waals surface area contributed by atoms with Crippen molar-refractivity contribution in [2.24, 2.45) is 11.8 Å². The number of benzene rings is 2. The van der Waals surface area contributed by atoms with Crippen molar-refractivity contribution in [1.82, 2.24) is 4.90 Å². The molecule has 1 heterocycles. The van der Waals surface area contributed by atoms with E-state index in [9.17, 15) is 4.79 Å². The Kier molecular flexibility index (Phi) is 7.26. The van der Waals surface area contributed by atoms with Gasteiger partial charge in [-0.25, -0.2) is 0 Å². The highest BCUT2D eigenvalue weighted by Crippen LogP contribution is 2.46. The number of amides is 1. The van der Waals surface area contributed by atoms with Gasteiger partial charge in [0, 0.05) is 28.5 Å². The van der Waals surface area contributed by atoms with Gasteiger partial charge in [0.2, 0.25) is 5.91 Å². The predicted molar refractivity (Wildman–Crippen MR) is 127 cm³/mol. The van der Waals surface area contributed by atoms with Crippen molar-refractivity contribution in [3.05, 3.63) is 69.7 Å². The average Bonchev–Trinajstić information content (AvgIpc) is 3.58. The fraction of sp³-hybridized carbons (Fsp3) is 0.500. The summed E-state index contributed by atoms with van der Waals surface area (Å²) in [7, 11) is 0. The molecule has 0 radical (unpaired) electrons. The van der Waals surface area contributed by atoms with Gasteiger partial charge in [-0.1, -0.05) is 61.3 Å². The molecule has 166 valence electrons. The van der Waals surface area contributed by atoms with Crippen molar-refractivity contribution in [2.45, 2.75) is 57.5 Å². The summed E-state index contributed by atoms with van der Waals surface area (Å²) >= 11 is 12.5. The molecule has 0 aromatic heterocycles. The van der Waals surface area contributed by atoms with E-state index in [2.05, 4.69) is 30.0 Å². The van der Waals surface area contributed by atoms with Crippen molar-refractivity contribution < 1.29 is 9.53 Å². The van der Waals surface area contributed by atoms with Crippen LogP contribution in [0.5, 0.6) is 0 Å². The Balaban J connectivity index is 1.71. The van der Waals surface area contributed by atoms with Gasteiger partial charge in [-0.05, 0) is 67.0 Å². The van der Waals surface area contributed by atoms with E-state index in [0.717, 1.165) is 30.0 Å². The third-order valence-corrected chi connectivity index (χ3v) is 7.17. The van der Waals surface area contributed by atoms with E-state index in [1.165, 1.54) is 18.4 Å². The molecule has 5 heteroatoms. The molecule has 1 aliphatic heterocycles. The molecular formula is C26H31Cl2NO2. The third-order valence-electron chi connectivity index (χ3n) is 6.68. The van der Waals surface area contributed by atoms with E-state index in [0.29, 0.717) is 17.5 Å². The Morgan fingerprint density at radius 2 is 1.81 bits per heavy atom. The summed E-state index contributed by atoms with van der Waals surface area (Å²) < 4.78 is 6.07. The fourth-order valence-corrected chi connectivity index (χ4v) is 5.09. The van der Waals surface area contributed by atoms with E-state index >= 15 is 0 Å². The van der Waals surface area contributed by atoms with Crippen molar-refractivity contribution in [2.75, 3.05) is 13.2 Å². The van der Waals surface area contributed by atoms with Crippen LogP contribution in [0.3, 0.4) is 0 Å². The first kappa shape index (κ1) is 22.6. The summed E-state index contributed by atoms with van der Waals surface area (Å²) in [6.45, 7) is 5.57. The van der Waals surface area contributed by atoms with Crippen molar-refractivity contribution >= 4 is 29.1 Å². The Hall–Kier alpha value is -1.55. The molecule has 1 amide bonds. The van der Waals surface area contributed by atoms with Gasteiger partial charge in [0.1, 0.15) is 0 Å². The number of hydrogen-bond acceptors (Lipinski definition) is 2. The molecule has 0 N–H and O–H groups in total. The van der Waals surface area contributed by atoms with Crippen LogP contribution in [0.2, 0.25) is 10.0 Å². The zero-order valence-corrected chi connectivity index (χ0v) is 19.8. The fourth-order valence-electron chi connectivity index (χ4n) is 4.76. The monoisotopic (exact) mass is 459 g/mol. The second kappa shape index (κ2) is 9.94. The minimum Gasteiger partial charge on any atom is -0.379 e. The van der Waals surface area contributed by atoms with Crippen LogP contribution in [0, 0.1) is 11.8 Å². The van der Waals surface area contributed by atoms with E-state index in [-0.39, 0.29) is 29.8 Å². The number of rotatable bonds is 8. The summed E-state index contributed by atoms with van der Waals surface area (Å²) in [5, 5.41) is 1.42. The number of carbonyl (C=O) groups is 1. The molecule has 1 aliphatic carbocycles. The lowest BCUT2D eigenvalue weighted by atomic mass is 9.75. The molecule has 31 heavy (non-hydrogen) atoms. The Labute approximate surface area is 195 Å². The van der Waals surface area contributed by atoms with Crippen LogP contribution in [-0.4, -0.2) is 30.1 Å². The maximum Gasteiger partial charge on any atom is 0.226 e. The Morgan fingerprint density at radius 3 is 2.45 bits per heavy atom. The van der Waals surface area contributed by atoms with Crippen LogP contribution in [-0.2, 0) is 9.53 Å². The zero-order chi connectivity index (χ0) is 22.0. The lowest BCUT2D eigenvalue weighted by Crippen LogP contribution is -2.52. The van der Waals surface area contributed by atoms with Crippen LogP contribution < -0.4 is 0 Å². The summed E-state index contributed by atoms with van der Waals surface area (Å²) in [6, 6.07) is 16.0. The molecule has 2 aromatic rings. The van der Waals surface area contributed by atoms with Gasteiger partial charge in [0.25, 0.3) is 0 Å². The molecule has 2 aromatic carbocycles. The normalized spacial score (nSPS) is 25.0. The molecule has 2 fully saturated rings. The van der Waals surface area contributed by atoms with Gasteiger partial charge < -0.3 is 9.64 Å². The summed E-state index contributed by atoms with van der Waals surface area (Å²) in [5.41, 5.74) is 2.28. The van der Waals surface area contributed by atoms with E-state index in [1.54, 1.807) is 0 Å². The van der Waals surface area contributed by atoms with Gasteiger partial charge in [0.05, 0.1) is 18.7 Å². The van der Waals surface area contributed by atoms with Crippen LogP contribution in [0.1, 0.15) is 62.6 Å². The highest BCUT2D eigenvalue weighted by molar-refractivity contribution is 6.30. The maximum absolute atomic E-state index is 13.5. The van der Waals surface area contributed by atoms with Crippen molar-refractivity contribution in [3.63, 3.8) is 0 Å². The molecule has 2 unspecified atom stereocenters. The van der Waals surface area contributed by atoms with Crippen molar-refractivity contribution in [1.29, 1.82) is 0 Å². The molecule has 1 saturated carbocycles. The Morgan fingerprint density at radius 1 is 1.06 bits per heavy atom. The number of likely N-dealkylation sites (tertiary alicyclic amines) is 1. The van der Waals surface area contributed by atoms with Crippen molar-refractivity contribution in [3.8, 4) is 0 Å². The summed E-state index contributed by atoms with van der Waals surface area (Å²) in [4.78, 5) is 15.7. The molecule has 1 saturated heterocycles. The minimum atomic E-state index is -0.0751. The lowest BCUT2D eigenvalue weighted by Gasteiger charge is -2.48. The zero-order valence-electron chi connectivity index (χ0n) is 18.3. The topological polar surface area (TPSA) is 29.5 Å². The highest BCUT2D eigenvalue weighted by atomic mass is 35.5. The minimum absolute atomic E-state index is 0.0383. The number of halogens is 2. The van der Waals surface area contributed by atoms with E-state index in [1.807, 2.05) is 37.3 Å². The second-order valence-electron chi connectivity index (χ2n) is 9.08. The van der Waals surface area contributed by atoms with Gasteiger partial charge in [-0.3, -0.25) is 4.79 Å². The molecule has 2 aliphatic rings. The second-order valence-corrected chi connectivity index (χ2v) is 9.96. The third kappa shape index (κ3) is 5.27. The quantitative estimate of drug-likeness (QED) is 0.429. The van der Waals surface area contributed by atoms with Crippen LogP contribution >= 0.6 is 23.2 Å². The molecule has 0 spiro atoms. The molecular weight excluding hydrogens is 429 g/mol. The average molecular weight is 460 g/mol. The number of carbonyl (C=O) groups excluding carboxylic acids is 1. The molecule has 3 nitrogen and oxygen atoms in total. The van der Waals surface area contributed by atoms with Gasteiger partial charge >= 0.3 is 0 Å². The van der Waals surface area contributed by atoms with E-state index in [4.69, 9.17) is 27.9 Å². The smallest absolute Gasteiger partial charge is 0.226 e. The number of ether oxygens (including phenoxy) is 1. The standard InChI is InChI=1S/C26H31Cl2NO2/c1-3-23(16-31-15-18-7-8-18)29-25(19-9-11-21(27)12-10-19)24(13-17(2)26(29)30)20-5-4-6-22(28)14-20/h4-6,9-12,14,17-18,23-25H,3,7-8,13,15-16H2,1-2H3/t17-,23-,24?,25?/m0/s1. The van der Waals surface area contributed by atoms with Crippen LogP contribution in [0.25, 0.3) is 0 Å². The number of hydrogen-bond donors (Lipinski definition) is 0. The Bertz CT molecular complexity index is 897. The first-order chi connectivity index (χ1) is 15.0. The lowest BCUT2D eigenvalue weighted by molar-refractivity contribution is -0.148. The maximum atomic E-state index is 13.5. The van der Waals surface area contributed by atoms with Gasteiger partial charge in [0.15, 0.2) is 0 Å². The largest absolute Gasteiger partial charge is 0.379 e.